The summed E-state index contributed by atoms with van der Waals surface area (Å²) in [5.41, 5.74) is -0.144. The normalized spacial score (nSPS) is 9.79. The topological polar surface area (TPSA) is 80.4 Å². The van der Waals surface area contributed by atoms with Crippen LogP contribution in [-0.4, -0.2) is 16.0 Å². The number of halogens is 1. The van der Waals surface area contributed by atoms with Crippen LogP contribution in [0.2, 0.25) is 0 Å². The zero-order valence-electron chi connectivity index (χ0n) is 6.94. The van der Waals surface area contributed by atoms with Crippen molar-refractivity contribution in [3.8, 4) is 0 Å². The van der Waals surface area contributed by atoms with E-state index in [1.54, 1.807) is 6.07 Å². The summed E-state index contributed by atoms with van der Waals surface area (Å²) >= 11 is 1.95. The molecule has 0 saturated carbocycles. The van der Waals surface area contributed by atoms with Gasteiger partial charge in [0.2, 0.25) is 0 Å². The maximum atomic E-state index is 10.7. The maximum Gasteiger partial charge on any atom is 0.342 e. The second-order valence-corrected chi connectivity index (χ2v) is 3.27. The van der Waals surface area contributed by atoms with Crippen LogP contribution in [0.3, 0.4) is 0 Å². The monoisotopic (exact) mass is 307 g/mol. The number of nitro groups is 1. The lowest BCUT2D eigenvalue weighted by Crippen LogP contribution is -2.04. The molecule has 0 aliphatic rings. The fourth-order valence-corrected chi connectivity index (χ4v) is 1.70. The van der Waals surface area contributed by atoms with Crippen LogP contribution in [0, 0.1) is 10.1 Å². The van der Waals surface area contributed by atoms with Crippen molar-refractivity contribution in [3.05, 3.63) is 39.4 Å². The van der Waals surface area contributed by atoms with E-state index in [0.717, 1.165) is 0 Å². The molecular weight excluding hydrogens is 301 g/mol. The second-order valence-electron chi connectivity index (χ2n) is 2.51. The molecule has 0 fully saturated rings. The van der Waals surface area contributed by atoms with Gasteiger partial charge in [-0.05, 0) is 6.07 Å². The van der Waals surface area contributed by atoms with E-state index in [4.69, 9.17) is 5.11 Å². The average Bonchev–Trinajstić information content (AvgIpc) is 2.16. The highest BCUT2D eigenvalue weighted by atomic mass is 127. The molecule has 0 bridgehead atoms. The van der Waals surface area contributed by atoms with Gasteiger partial charge < -0.3 is 5.11 Å². The van der Waals surface area contributed by atoms with Gasteiger partial charge in [-0.2, -0.15) is 0 Å². The predicted molar refractivity (Wildman–Crippen MR) is 57.8 cm³/mol. The van der Waals surface area contributed by atoms with Crippen LogP contribution < -0.4 is 0 Å². The van der Waals surface area contributed by atoms with Gasteiger partial charge in [0, 0.05) is 9.99 Å². The summed E-state index contributed by atoms with van der Waals surface area (Å²) in [4.78, 5) is 20.7. The zero-order valence-corrected chi connectivity index (χ0v) is 9.09. The quantitative estimate of drug-likeness (QED) is 0.402. The Morgan fingerprint density at radius 3 is 2.64 bits per heavy atom. The van der Waals surface area contributed by atoms with Crippen LogP contribution in [0.4, 0.5) is 5.69 Å². The Kier molecular flexibility index (Phi) is 3.39. The van der Waals surface area contributed by atoms with Gasteiger partial charge in [-0.15, -0.1) is 0 Å². The molecule has 1 aromatic rings. The largest absolute Gasteiger partial charge is 0.477 e. The second kappa shape index (κ2) is 4.36. The third kappa shape index (κ3) is 2.00. The standard InChI is InChI=1S/C8H6INO4/c9-4-5-2-1-3-6(8(11)12)7(5)10(13)14/h1-3H,4H2,(H,11,12). The number of carboxylic acid groups (broad SMARTS) is 1. The Labute approximate surface area is 93.0 Å². The highest BCUT2D eigenvalue weighted by molar-refractivity contribution is 14.1. The fourth-order valence-electron chi connectivity index (χ4n) is 1.09. The number of nitrogens with zero attached hydrogens (tertiary/aromatic N) is 1. The summed E-state index contributed by atoms with van der Waals surface area (Å²) in [6.45, 7) is 0. The summed E-state index contributed by atoms with van der Waals surface area (Å²) in [5, 5.41) is 19.4. The van der Waals surface area contributed by atoms with Crippen LogP contribution >= 0.6 is 22.6 Å². The van der Waals surface area contributed by atoms with Gasteiger partial charge in [0.05, 0.1) is 4.92 Å². The van der Waals surface area contributed by atoms with Crippen molar-refractivity contribution in [2.45, 2.75) is 4.43 Å². The Bertz CT molecular complexity index is 391. The summed E-state index contributed by atoms with van der Waals surface area (Å²) in [6.07, 6.45) is 0. The number of alkyl halides is 1. The van der Waals surface area contributed by atoms with Crippen LogP contribution in [0.25, 0.3) is 0 Å². The molecule has 0 heterocycles. The number of para-hydroxylation sites is 1. The Morgan fingerprint density at radius 2 is 2.21 bits per heavy atom. The van der Waals surface area contributed by atoms with Crippen LogP contribution in [0.15, 0.2) is 18.2 Å². The molecular formula is C8H6INO4. The smallest absolute Gasteiger partial charge is 0.342 e. The highest BCUT2D eigenvalue weighted by Crippen LogP contribution is 2.25. The zero-order chi connectivity index (χ0) is 10.7. The van der Waals surface area contributed by atoms with Gasteiger partial charge in [0.25, 0.3) is 5.69 Å². The first-order valence-corrected chi connectivity index (χ1v) is 5.16. The molecule has 0 spiro atoms. The van der Waals surface area contributed by atoms with Gasteiger partial charge in [0.1, 0.15) is 5.56 Å². The number of carboxylic acids is 1. The molecule has 0 saturated heterocycles. The summed E-state index contributed by atoms with van der Waals surface area (Å²) in [6, 6.07) is 4.29. The predicted octanol–water partition coefficient (Wildman–Crippen LogP) is 2.23. The lowest BCUT2D eigenvalue weighted by molar-refractivity contribution is -0.385. The van der Waals surface area contributed by atoms with Crippen molar-refractivity contribution in [3.63, 3.8) is 0 Å². The van der Waals surface area contributed by atoms with Crippen molar-refractivity contribution in [1.82, 2.24) is 0 Å². The van der Waals surface area contributed by atoms with Gasteiger partial charge in [-0.25, -0.2) is 4.79 Å². The number of aromatic carboxylic acids is 1. The van der Waals surface area contributed by atoms with Gasteiger partial charge in [-0.1, -0.05) is 34.7 Å². The molecule has 74 valence electrons. The average molecular weight is 307 g/mol. The van der Waals surface area contributed by atoms with E-state index in [-0.39, 0.29) is 11.3 Å². The highest BCUT2D eigenvalue weighted by Gasteiger charge is 2.22. The van der Waals surface area contributed by atoms with E-state index in [1.165, 1.54) is 12.1 Å². The summed E-state index contributed by atoms with van der Waals surface area (Å²) in [5.74, 6) is -1.27. The number of hydrogen-bond acceptors (Lipinski definition) is 3. The van der Waals surface area contributed by atoms with Crippen molar-refractivity contribution < 1.29 is 14.8 Å². The lowest BCUT2D eigenvalue weighted by Gasteiger charge is -2.01. The molecule has 0 aliphatic heterocycles. The fraction of sp³-hybridized carbons (Fsp3) is 0.125. The van der Waals surface area contributed by atoms with Crippen LogP contribution in [0.5, 0.6) is 0 Å². The summed E-state index contributed by atoms with van der Waals surface area (Å²) in [7, 11) is 0. The Balaban J connectivity index is 3.43. The first-order valence-electron chi connectivity index (χ1n) is 3.63. The number of carbonyl (C=O) groups is 1. The first kappa shape index (κ1) is 10.9. The minimum Gasteiger partial charge on any atom is -0.477 e. The molecule has 0 radical (unpaired) electrons. The molecule has 5 nitrogen and oxygen atoms in total. The minimum absolute atomic E-state index is 0.260. The molecule has 6 heteroatoms. The number of benzene rings is 1. The van der Waals surface area contributed by atoms with Crippen molar-refractivity contribution in [2.75, 3.05) is 0 Å². The Hall–Kier alpha value is -1.18. The van der Waals surface area contributed by atoms with Crippen LogP contribution in [0.1, 0.15) is 15.9 Å². The first-order chi connectivity index (χ1) is 6.57. The van der Waals surface area contributed by atoms with Gasteiger partial charge in [-0.3, -0.25) is 10.1 Å². The SMILES string of the molecule is O=C(O)c1cccc(CI)c1[N+](=O)[O-]. The molecule has 1 aromatic carbocycles. The van der Waals surface area contributed by atoms with E-state index in [0.29, 0.717) is 9.99 Å². The van der Waals surface area contributed by atoms with Gasteiger partial charge >= 0.3 is 5.97 Å². The number of rotatable bonds is 3. The van der Waals surface area contributed by atoms with Gasteiger partial charge in [0.15, 0.2) is 0 Å². The molecule has 0 unspecified atom stereocenters. The third-order valence-corrected chi connectivity index (χ3v) is 2.50. The third-order valence-electron chi connectivity index (χ3n) is 1.68. The number of nitro benzene ring substituents is 1. The molecule has 0 aromatic heterocycles. The molecule has 0 atom stereocenters. The molecule has 14 heavy (non-hydrogen) atoms. The molecule has 0 aliphatic carbocycles. The maximum absolute atomic E-state index is 10.7. The van der Waals surface area contributed by atoms with Crippen molar-refractivity contribution in [2.24, 2.45) is 0 Å². The van der Waals surface area contributed by atoms with Crippen molar-refractivity contribution >= 4 is 34.2 Å². The molecule has 1 N–H and O–H groups in total. The van der Waals surface area contributed by atoms with E-state index in [2.05, 4.69) is 0 Å². The summed E-state index contributed by atoms with van der Waals surface area (Å²) < 4.78 is 0.412. The van der Waals surface area contributed by atoms with E-state index < -0.39 is 10.9 Å². The van der Waals surface area contributed by atoms with Crippen molar-refractivity contribution in [1.29, 1.82) is 0 Å². The lowest BCUT2D eigenvalue weighted by atomic mass is 10.1. The number of hydrogen-bond donors (Lipinski definition) is 1. The van der Waals surface area contributed by atoms with E-state index >= 15 is 0 Å². The molecule has 1 rings (SSSR count). The molecule has 0 amide bonds. The Morgan fingerprint density at radius 1 is 1.57 bits per heavy atom. The van der Waals surface area contributed by atoms with Crippen LogP contribution in [-0.2, 0) is 4.43 Å². The van der Waals surface area contributed by atoms with E-state index in [1.807, 2.05) is 22.6 Å². The van der Waals surface area contributed by atoms with E-state index in [9.17, 15) is 14.9 Å². The minimum atomic E-state index is -1.27.